The van der Waals surface area contributed by atoms with Gasteiger partial charge in [-0.05, 0) is 67.8 Å². The second-order valence-corrected chi connectivity index (χ2v) is 9.48. The summed E-state index contributed by atoms with van der Waals surface area (Å²) in [5.74, 6) is 0.625. The Kier molecular flexibility index (Phi) is 7.09. The highest BCUT2D eigenvalue weighted by atomic mass is 16.5. The predicted molar refractivity (Wildman–Crippen MR) is 141 cm³/mol. The van der Waals surface area contributed by atoms with Crippen molar-refractivity contribution in [2.75, 3.05) is 25.5 Å². The molecule has 3 aromatic carbocycles. The van der Waals surface area contributed by atoms with Crippen molar-refractivity contribution < 1.29 is 9.53 Å². The summed E-state index contributed by atoms with van der Waals surface area (Å²) in [6.07, 6.45) is 2.98. The van der Waals surface area contributed by atoms with E-state index in [1.165, 1.54) is 5.56 Å². The molecule has 0 saturated carbocycles. The maximum Gasteiger partial charge on any atom is 0.278 e. The normalized spacial score (nSPS) is 14.5. The molecule has 1 aromatic heterocycles. The van der Waals surface area contributed by atoms with Gasteiger partial charge in [0, 0.05) is 25.2 Å². The monoisotopic (exact) mass is 481 g/mol. The van der Waals surface area contributed by atoms with Gasteiger partial charge in [0.2, 0.25) is 0 Å². The largest absolute Gasteiger partial charge is 0.490 e. The lowest BCUT2D eigenvalue weighted by molar-refractivity contribution is 0.102. The first-order chi connectivity index (χ1) is 17.5. The number of carbonyl (C=O) groups excluding carboxylic acids is 1. The lowest BCUT2D eigenvalue weighted by Gasteiger charge is -2.29. The standard InChI is InChI=1S/C29H31N5O2/c1-20-3-5-21(6-4-20)19-27-28(32-33-31-27)29(35)30-24-11-7-22(8-12-24)23-9-13-25(14-10-23)36-26-15-17-34(2)18-16-26/h3-14,26H,15-19H2,1-2H3,(H,30,35)(H,31,32,33). The number of carbonyl (C=O) groups is 1. The van der Waals surface area contributed by atoms with Crippen molar-refractivity contribution in [3.05, 3.63) is 95.3 Å². The SMILES string of the molecule is Cc1ccc(Cc2[nH]nnc2C(=O)Nc2ccc(-c3ccc(OC4CCN(C)CC4)cc3)cc2)cc1. The molecule has 1 saturated heterocycles. The van der Waals surface area contributed by atoms with Crippen molar-refractivity contribution in [2.45, 2.75) is 32.3 Å². The van der Waals surface area contributed by atoms with Crippen LogP contribution in [0.25, 0.3) is 11.1 Å². The van der Waals surface area contributed by atoms with Crippen LogP contribution >= 0.6 is 0 Å². The number of likely N-dealkylation sites (tertiary alicyclic amines) is 1. The van der Waals surface area contributed by atoms with Gasteiger partial charge in [-0.15, -0.1) is 5.10 Å². The zero-order chi connectivity index (χ0) is 24.9. The molecular formula is C29H31N5O2. The number of amides is 1. The number of hydrogen-bond donors (Lipinski definition) is 2. The van der Waals surface area contributed by atoms with Crippen molar-refractivity contribution in [1.29, 1.82) is 0 Å². The number of nitrogens with one attached hydrogen (secondary N) is 2. The van der Waals surface area contributed by atoms with Gasteiger partial charge in [-0.1, -0.05) is 59.3 Å². The number of hydrogen-bond acceptors (Lipinski definition) is 5. The minimum absolute atomic E-state index is 0.283. The van der Waals surface area contributed by atoms with Gasteiger partial charge in [-0.3, -0.25) is 9.89 Å². The summed E-state index contributed by atoms with van der Waals surface area (Å²) in [4.78, 5) is 15.2. The molecule has 7 heteroatoms. The van der Waals surface area contributed by atoms with Crippen LogP contribution in [-0.4, -0.2) is 52.5 Å². The molecule has 0 atom stereocenters. The topological polar surface area (TPSA) is 83.1 Å². The molecule has 0 radical (unpaired) electrons. The molecule has 0 spiro atoms. The van der Waals surface area contributed by atoms with E-state index in [1.54, 1.807) is 0 Å². The van der Waals surface area contributed by atoms with Crippen LogP contribution in [0, 0.1) is 6.92 Å². The number of aromatic amines is 1. The fraction of sp³-hybridized carbons (Fsp3) is 0.276. The van der Waals surface area contributed by atoms with E-state index in [0.29, 0.717) is 23.5 Å². The van der Waals surface area contributed by atoms with Crippen molar-refractivity contribution in [1.82, 2.24) is 20.3 Å². The quantitative estimate of drug-likeness (QED) is 0.384. The number of H-pyrrole nitrogens is 1. The van der Waals surface area contributed by atoms with Gasteiger partial charge in [-0.2, -0.15) is 0 Å². The molecule has 1 aliphatic rings. The Morgan fingerprint density at radius 2 is 1.61 bits per heavy atom. The number of anilines is 1. The Morgan fingerprint density at radius 1 is 0.972 bits per heavy atom. The second kappa shape index (κ2) is 10.7. The van der Waals surface area contributed by atoms with E-state index < -0.39 is 0 Å². The van der Waals surface area contributed by atoms with E-state index in [-0.39, 0.29) is 12.0 Å². The summed E-state index contributed by atoms with van der Waals surface area (Å²) in [6, 6.07) is 24.2. The maximum atomic E-state index is 12.9. The van der Waals surface area contributed by atoms with Gasteiger partial charge in [0.1, 0.15) is 11.9 Å². The summed E-state index contributed by atoms with van der Waals surface area (Å²) in [7, 11) is 2.15. The summed E-state index contributed by atoms with van der Waals surface area (Å²) in [5.41, 5.74) is 6.15. The summed E-state index contributed by atoms with van der Waals surface area (Å²) < 4.78 is 6.16. The molecule has 0 bridgehead atoms. The average molecular weight is 482 g/mol. The maximum absolute atomic E-state index is 12.9. The third-order valence-corrected chi connectivity index (χ3v) is 6.64. The van der Waals surface area contributed by atoms with Crippen LogP contribution in [-0.2, 0) is 6.42 Å². The molecule has 1 amide bonds. The zero-order valence-corrected chi connectivity index (χ0v) is 20.7. The lowest BCUT2D eigenvalue weighted by Crippen LogP contribution is -2.35. The molecule has 184 valence electrons. The van der Waals surface area contributed by atoms with Gasteiger partial charge < -0.3 is 15.0 Å². The van der Waals surface area contributed by atoms with E-state index in [0.717, 1.165) is 48.4 Å². The van der Waals surface area contributed by atoms with Crippen LogP contribution in [0.5, 0.6) is 5.75 Å². The molecular weight excluding hydrogens is 450 g/mol. The molecule has 5 rings (SSSR count). The van der Waals surface area contributed by atoms with Crippen molar-refractivity contribution in [3.8, 4) is 16.9 Å². The molecule has 2 N–H and O–H groups in total. The second-order valence-electron chi connectivity index (χ2n) is 9.48. The molecule has 1 aliphatic heterocycles. The number of rotatable bonds is 7. The molecule has 0 aliphatic carbocycles. The Hall–Kier alpha value is -3.97. The third-order valence-electron chi connectivity index (χ3n) is 6.64. The first-order valence-electron chi connectivity index (χ1n) is 12.4. The number of piperidine rings is 1. The van der Waals surface area contributed by atoms with Crippen LogP contribution in [0.4, 0.5) is 5.69 Å². The Morgan fingerprint density at radius 3 is 2.28 bits per heavy atom. The number of aromatic nitrogens is 3. The van der Waals surface area contributed by atoms with Crippen molar-refractivity contribution in [3.63, 3.8) is 0 Å². The molecule has 0 unspecified atom stereocenters. The van der Waals surface area contributed by atoms with E-state index in [2.05, 4.69) is 56.9 Å². The van der Waals surface area contributed by atoms with Gasteiger partial charge >= 0.3 is 0 Å². The summed E-state index contributed by atoms with van der Waals surface area (Å²) in [5, 5.41) is 13.7. The highest BCUT2D eigenvalue weighted by Gasteiger charge is 2.18. The van der Waals surface area contributed by atoms with Crippen LogP contribution in [0.2, 0.25) is 0 Å². The average Bonchev–Trinajstić information content (AvgIpc) is 3.36. The highest BCUT2D eigenvalue weighted by molar-refractivity contribution is 6.03. The van der Waals surface area contributed by atoms with Crippen molar-refractivity contribution in [2.24, 2.45) is 0 Å². The van der Waals surface area contributed by atoms with Crippen LogP contribution in [0.3, 0.4) is 0 Å². The van der Waals surface area contributed by atoms with E-state index in [4.69, 9.17) is 4.74 Å². The Bertz CT molecular complexity index is 1290. The fourth-order valence-electron chi connectivity index (χ4n) is 4.42. The molecule has 7 nitrogen and oxygen atoms in total. The number of benzene rings is 3. The molecule has 36 heavy (non-hydrogen) atoms. The van der Waals surface area contributed by atoms with E-state index in [9.17, 15) is 4.79 Å². The van der Waals surface area contributed by atoms with Crippen LogP contribution in [0.15, 0.2) is 72.8 Å². The Labute approximate surface area is 211 Å². The molecule has 2 heterocycles. The van der Waals surface area contributed by atoms with Gasteiger partial charge in [0.15, 0.2) is 5.69 Å². The minimum atomic E-state index is -0.283. The first kappa shape index (κ1) is 23.8. The highest BCUT2D eigenvalue weighted by Crippen LogP contribution is 2.26. The number of nitrogens with zero attached hydrogens (tertiary/aromatic N) is 3. The summed E-state index contributed by atoms with van der Waals surface area (Å²) >= 11 is 0. The van der Waals surface area contributed by atoms with Gasteiger partial charge in [0.25, 0.3) is 5.91 Å². The predicted octanol–water partition coefficient (Wildman–Crippen LogP) is 5.10. The smallest absolute Gasteiger partial charge is 0.278 e. The zero-order valence-electron chi connectivity index (χ0n) is 20.7. The first-order valence-corrected chi connectivity index (χ1v) is 12.4. The Balaban J connectivity index is 1.19. The van der Waals surface area contributed by atoms with E-state index >= 15 is 0 Å². The fourth-order valence-corrected chi connectivity index (χ4v) is 4.42. The van der Waals surface area contributed by atoms with E-state index in [1.807, 2.05) is 55.5 Å². The molecule has 4 aromatic rings. The molecule has 1 fully saturated rings. The van der Waals surface area contributed by atoms with Gasteiger partial charge in [0.05, 0.1) is 5.69 Å². The number of aryl methyl sites for hydroxylation is 1. The van der Waals surface area contributed by atoms with Crippen LogP contribution in [0.1, 0.15) is 40.2 Å². The lowest BCUT2D eigenvalue weighted by atomic mass is 10.0. The van der Waals surface area contributed by atoms with Crippen LogP contribution < -0.4 is 10.1 Å². The van der Waals surface area contributed by atoms with Gasteiger partial charge in [-0.25, -0.2) is 0 Å². The minimum Gasteiger partial charge on any atom is -0.490 e. The summed E-state index contributed by atoms with van der Waals surface area (Å²) in [6.45, 7) is 4.21. The number of ether oxygens (including phenoxy) is 1. The van der Waals surface area contributed by atoms with Crippen molar-refractivity contribution >= 4 is 11.6 Å². The third kappa shape index (κ3) is 5.80.